The third kappa shape index (κ3) is 2.39. The summed E-state index contributed by atoms with van der Waals surface area (Å²) in [5.41, 5.74) is 1.53. The van der Waals surface area contributed by atoms with Crippen LogP contribution < -0.4 is 14.8 Å². The number of ether oxygens (including phenoxy) is 2. The zero-order valence-electron chi connectivity index (χ0n) is 9.91. The molecule has 19 heavy (non-hydrogen) atoms. The zero-order chi connectivity index (χ0) is 13.4. The molecule has 0 spiro atoms. The van der Waals surface area contributed by atoms with Crippen molar-refractivity contribution in [3.63, 3.8) is 0 Å². The molecule has 0 aliphatic carbocycles. The maximum absolute atomic E-state index is 5.96. The van der Waals surface area contributed by atoms with Crippen molar-refractivity contribution in [1.29, 1.82) is 0 Å². The van der Waals surface area contributed by atoms with Crippen LogP contribution >= 0.6 is 23.2 Å². The third-order valence-corrected chi connectivity index (χ3v) is 3.23. The van der Waals surface area contributed by atoms with Crippen LogP contribution in [0.5, 0.6) is 11.5 Å². The normalized spacial score (nSPS) is 12.6. The van der Waals surface area contributed by atoms with Crippen LogP contribution in [0.15, 0.2) is 18.2 Å². The van der Waals surface area contributed by atoms with Gasteiger partial charge in [0.15, 0.2) is 11.5 Å². The lowest BCUT2D eigenvalue weighted by Crippen LogP contribution is -1.99. The van der Waals surface area contributed by atoms with Gasteiger partial charge in [-0.05, 0) is 30.7 Å². The quantitative estimate of drug-likeness (QED) is 0.678. The number of anilines is 2. The van der Waals surface area contributed by atoms with Gasteiger partial charge in [-0.1, -0.05) is 11.6 Å². The fourth-order valence-corrected chi connectivity index (χ4v) is 2.08. The van der Waals surface area contributed by atoms with E-state index in [1.54, 1.807) is 0 Å². The van der Waals surface area contributed by atoms with Crippen LogP contribution in [0.1, 0.15) is 5.56 Å². The van der Waals surface area contributed by atoms with E-state index in [0.717, 1.165) is 17.0 Å². The topological polar surface area (TPSA) is 56.3 Å². The number of halogens is 2. The van der Waals surface area contributed by atoms with E-state index >= 15 is 0 Å². The van der Waals surface area contributed by atoms with E-state index < -0.39 is 0 Å². The highest BCUT2D eigenvalue weighted by atomic mass is 35.5. The van der Waals surface area contributed by atoms with Gasteiger partial charge in [0, 0.05) is 17.3 Å². The van der Waals surface area contributed by atoms with Crippen molar-refractivity contribution in [2.45, 2.75) is 6.92 Å². The van der Waals surface area contributed by atoms with Crippen molar-refractivity contribution in [2.75, 3.05) is 12.1 Å². The molecule has 1 N–H and O–H groups in total. The van der Waals surface area contributed by atoms with Gasteiger partial charge in [0.05, 0.1) is 0 Å². The van der Waals surface area contributed by atoms with Gasteiger partial charge < -0.3 is 14.8 Å². The van der Waals surface area contributed by atoms with Gasteiger partial charge in [0.25, 0.3) is 0 Å². The molecular weight excluding hydrogens is 289 g/mol. The van der Waals surface area contributed by atoms with Crippen LogP contribution in [0, 0.1) is 6.92 Å². The van der Waals surface area contributed by atoms with Crippen molar-refractivity contribution < 1.29 is 9.47 Å². The van der Waals surface area contributed by atoms with E-state index in [1.807, 2.05) is 25.1 Å². The first kappa shape index (κ1) is 12.3. The summed E-state index contributed by atoms with van der Waals surface area (Å²) in [4.78, 5) is 7.98. The van der Waals surface area contributed by atoms with Crippen LogP contribution in [-0.4, -0.2) is 16.8 Å². The number of hydrogen-bond acceptors (Lipinski definition) is 5. The Morgan fingerprint density at radius 3 is 2.79 bits per heavy atom. The van der Waals surface area contributed by atoms with E-state index in [2.05, 4.69) is 15.3 Å². The lowest BCUT2D eigenvalue weighted by Gasteiger charge is -2.10. The summed E-state index contributed by atoms with van der Waals surface area (Å²) in [5.74, 6) is 1.97. The molecule has 7 heteroatoms. The average molecular weight is 298 g/mol. The van der Waals surface area contributed by atoms with Crippen LogP contribution in [-0.2, 0) is 0 Å². The molecule has 0 radical (unpaired) electrons. The molecular formula is C12H9Cl2N3O2. The average Bonchev–Trinajstić information content (AvgIpc) is 2.82. The first-order chi connectivity index (χ1) is 9.13. The number of nitrogens with one attached hydrogen (secondary N) is 1. The van der Waals surface area contributed by atoms with Gasteiger partial charge in [0.1, 0.15) is 11.0 Å². The number of aromatic nitrogens is 2. The summed E-state index contributed by atoms with van der Waals surface area (Å²) in [5, 5.41) is 3.55. The minimum absolute atomic E-state index is 0.0962. The Kier molecular flexibility index (Phi) is 3.08. The van der Waals surface area contributed by atoms with Crippen molar-refractivity contribution in [3.05, 3.63) is 34.2 Å². The SMILES string of the molecule is Cc1c(Cl)nc(Cl)nc1Nc1ccc2c(c1)OCO2. The maximum atomic E-state index is 5.96. The molecule has 1 aromatic carbocycles. The minimum atomic E-state index is 0.0962. The molecule has 5 nitrogen and oxygen atoms in total. The zero-order valence-corrected chi connectivity index (χ0v) is 11.4. The molecule has 3 rings (SSSR count). The lowest BCUT2D eigenvalue weighted by molar-refractivity contribution is 0.174. The first-order valence-electron chi connectivity index (χ1n) is 5.50. The molecule has 0 unspecified atom stereocenters. The van der Waals surface area contributed by atoms with Crippen LogP contribution in [0.4, 0.5) is 11.5 Å². The molecule has 1 aromatic heterocycles. The predicted octanol–water partition coefficient (Wildman–Crippen LogP) is 3.56. The Morgan fingerprint density at radius 2 is 1.95 bits per heavy atom. The second-order valence-electron chi connectivity index (χ2n) is 3.95. The molecule has 1 aliphatic heterocycles. The van der Waals surface area contributed by atoms with Crippen molar-refractivity contribution in [2.24, 2.45) is 0 Å². The molecule has 0 bridgehead atoms. The smallest absolute Gasteiger partial charge is 0.231 e. The highest BCUT2D eigenvalue weighted by Crippen LogP contribution is 2.35. The first-order valence-corrected chi connectivity index (χ1v) is 6.25. The van der Waals surface area contributed by atoms with E-state index in [1.165, 1.54) is 0 Å². The monoisotopic (exact) mass is 297 g/mol. The molecule has 0 saturated heterocycles. The molecule has 0 saturated carbocycles. The van der Waals surface area contributed by atoms with E-state index in [9.17, 15) is 0 Å². The lowest BCUT2D eigenvalue weighted by atomic mass is 10.2. The summed E-state index contributed by atoms with van der Waals surface area (Å²) in [6.07, 6.45) is 0. The molecule has 1 aliphatic rings. The van der Waals surface area contributed by atoms with Crippen molar-refractivity contribution >= 4 is 34.7 Å². The second kappa shape index (κ2) is 4.75. The predicted molar refractivity (Wildman–Crippen MR) is 72.6 cm³/mol. The summed E-state index contributed by atoms with van der Waals surface area (Å²) in [7, 11) is 0. The fourth-order valence-electron chi connectivity index (χ4n) is 1.70. The molecule has 0 fully saturated rings. The van der Waals surface area contributed by atoms with Gasteiger partial charge in [-0.25, -0.2) is 9.97 Å². The molecule has 2 aromatic rings. The Bertz CT molecular complexity index is 649. The largest absolute Gasteiger partial charge is 0.454 e. The molecule has 0 amide bonds. The Labute approximate surface area is 119 Å². The Morgan fingerprint density at radius 1 is 1.16 bits per heavy atom. The maximum Gasteiger partial charge on any atom is 0.231 e. The van der Waals surface area contributed by atoms with Gasteiger partial charge in [-0.3, -0.25) is 0 Å². The van der Waals surface area contributed by atoms with E-state index in [0.29, 0.717) is 16.7 Å². The van der Waals surface area contributed by atoms with E-state index in [4.69, 9.17) is 32.7 Å². The third-order valence-electron chi connectivity index (χ3n) is 2.69. The number of rotatable bonds is 2. The Balaban J connectivity index is 1.93. The Hall–Kier alpha value is -1.72. The van der Waals surface area contributed by atoms with Gasteiger partial charge in [0.2, 0.25) is 12.1 Å². The highest BCUT2D eigenvalue weighted by molar-refractivity contribution is 6.32. The van der Waals surface area contributed by atoms with Crippen LogP contribution in [0.3, 0.4) is 0 Å². The van der Waals surface area contributed by atoms with Gasteiger partial charge in [-0.15, -0.1) is 0 Å². The van der Waals surface area contributed by atoms with Crippen LogP contribution in [0.25, 0.3) is 0 Å². The number of benzene rings is 1. The van der Waals surface area contributed by atoms with E-state index in [-0.39, 0.29) is 12.1 Å². The second-order valence-corrected chi connectivity index (χ2v) is 4.65. The fraction of sp³-hybridized carbons (Fsp3) is 0.167. The summed E-state index contributed by atoms with van der Waals surface area (Å²) in [6, 6.07) is 5.51. The number of hydrogen-bond donors (Lipinski definition) is 1. The molecule has 98 valence electrons. The molecule has 0 atom stereocenters. The summed E-state index contributed by atoms with van der Waals surface area (Å²) >= 11 is 11.7. The summed E-state index contributed by atoms with van der Waals surface area (Å²) < 4.78 is 10.6. The highest BCUT2D eigenvalue weighted by Gasteiger charge is 2.14. The minimum Gasteiger partial charge on any atom is -0.454 e. The van der Waals surface area contributed by atoms with Crippen LogP contribution in [0.2, 0.25) is 10.4 Å². The van der Waals surface area contributed by atoms with Crippen molar-refractivity contribution in [1.82, 2.24) is 9.97 Å². The van der Waals surface area contributed by atoms with Gasteiger partial charge >= 0.3 is 0 Å². The standard InChI is InChI=1S/C12H9Cl2N3O2/c1-6-10(13)16-12(14)17-11(6)15-7-2-3-8-9(4-7)19-5-18-8/h2-4H,5H2,1H3,(H,15,16,17). The number of nitrogens with zero attached hydrogens (tertiary/aromatic N) is 2. The van der Waals surface area contributed by atoms with Crippen molar-refractivity contribution in [3.8, 4) is 11.5 Å². The summed E-state index contributed by atoms with van der Waals surface area (Å²) in [6.45, 7) is 2.05. The van der Waals surface area contributed by atoms with Gasteiger partial charge in [-0.2, -0.15) is 0 Å². The number of fused-ring (bicyclic) bond motifs is 1. The molecule has 2 heterocycles.